The van der Waals surface area contributed by atoms with Gasteiger partial charge in [0, 0.05) is 50.0 Å². The smallest absolute Gasteiger partial charge is 0.128 e. The van der Waals surface area contributed by atoms with Crippen LogP contribution >= 0.6 is 0 Å². The van der Waals surface area contributed by atoms with Crippen LogP contribution in [0.1, 0.15) is 36.3 Å². The lowest BCUT2D eigenvalue weighted by atomic mass is 9.96. The van der Waals surface area contributed by atoms with Gasteiger partial charge in [-0.05, 0) is 19.9 Å². The molecule has 2 aromatic heterocycles. The molecule has 0 bridgehead atoms. The lowest BCUT2D eigenvalue weighted by molar-refractivity contribution is 0.0805. The van der Waals surface area contributed by atoms with Crippen molar-refractivity contribution in [2.24, 2.45) is 13.0 Å². The molecule has 2 aromatic rings. The Labute approximate surface area is 131 Å². The number of nitrogens with zero attached hydrogens (tertiary/aromatic N) is 4. The van der Waals surface area contributed by atoms with Crippen LogP contribution in [0.15, 0.2) is 23.2 Å². The van der Waals surface area contributed by atoms with E-state index in [9.17, 15) is 0 Å². The standard InChI is InChI=1S/C16H24N4O2/c1-4-15-14(11-22-18-15)9-19(2)8-12-5-6-21-16(12)13-7-17-20(3)10-13/h7,10-12,16H,4-6,8-9H2,1-3H3/t12-,16+/m1/s1. The second-order valence-electron chi connectivity index (χ2n) is 6.12. The van der Waals surface area contributed by atoms with Crippen molar-refractivity contribution >= 4 is 0 Å². The fourth-order valence-corrected chi connectivity index (χ4v) is 3.23. The molecule has 0 radical (unpaired) electrons. The zero-order chi connectivity index (χ0) is 15.5. The van der Waals surface area contributed by atoms with Crippen LogP contribution in [0.5, 0.6) is 0 Å². The molecule has 1 fully saturated rings. The van der Waals surface area contributed by atoms with Gasteiger partial charge in [-0.3, -0.25) is 4.68 Å². The Bertz CT molecular complexity index is 607. The third-order valence-corrected chi connectivity index (χ3v) is 4.32. The Morgan fingerprint density at radius 2 is 2.32 bits per heavy atom. The monoisotopic (exact) mass is 304 g/mol. The van der Waals surface area contributed by atoms with E-state index in [2.05, 4.69) is 35.3 Å². The van der Waals surface area contributed by atoms with Crippen molar-refractivity contribution in [1.29, 1.82) is 0 Å². The Kier molecular flexibility index (Phi) is 4.59. The van der Waals surface area contributed by atoms with E-state index in [1.807, 2.05) is 17.9 Å². The van der Waals surface area contributed by atoms with Crippen LogP contribution in [-0.2, 0) is 24.8 Å². The van der Waals surface area contributed by atoms with E-state index in [0.717, 1.165) is 38.2 Å². The summed E-state index contributed by atoms with van der Waals surface area (Å²) in [6.07, 6.45) is 7.89. The summed E-state index contributed by atoms with van der Waals surface area (Å²) in [6.45, 7) is 4.78. The Balaban J connectivity index is 1.62. The molecular weight excluding hydrogens is 280 g/mol. The first-order valence-electron chi connectivity index (χ1n) is 7.88. The van der Waals surface area contributed by atoms with Gasteiger partial charge in [0.2, 0.25) is 0 Å². The summed E-state index contributed by atoms with van der Waals surface area (Å²) in [4.78, 5) is 2.33. The first kappa shape index (κ1) is 15.2. The van der Waals surface area contributed by atoms with E-state index >= 15 is 0 Å². The van der Waals surface area contributed by atoms with E-state index in [1.165, 1.54) is 11.1 Å². The lowest BCUT2D eigenvalue weighted by Crippen LogP contribution is -2.27. The van der Waals surface area contributed by atoms with Crippen LogP contribution in [-0.4, -0.2) is 40.0 Å². The summed E-state index contributed by atoms with van der Waals surface area (Å²) < 4.78 is 12.9. The molecule has 120 valence electrons. The first-order chi connectivity index (χ1) is 10.7. The number of rotatable bonds is 6. The van der Waals surface area contributed by atoms with E-state index in [1.54, 1.807) is 6.26 Å². The van der Waals surface area contributed by atoms with Crippen molar-refractivity contribution < 1.29 is 9.26 Å². The van der Waals surface area contributed by atoms with Gasteiger partial charge in [0.15, 0.2) is 0 Å². The number of ether oxygens (including phenoxy) is 1. The maximum atomic E-state index is 5.94. The molecule has 3 heterocycles. The highest BCUT2D eigenvalue weighted by Crippen LogP contribution is 2.34. The van der Waals surface area contributed by atoms with Gasteiger partial charge in [-0.2, -0.15) is 5.10 Å². The van der Waals surface area contributed by atoms with Crippen LogP contribution in [0.25, 0.3) is 0 Å². The van der Waals surface area contributed by atoms with Crippen LogP contribution in [0.3, 0.4) is 0 Å². The summed E-state index contributed by atoms with van der Waals surface area (Å²) in [5.41, 5.74) is 3.41. The van der Waals surface area contributed by atoms with E-state index in [-0.39, 0.29) is 6.10 Å². The summed E-state index contributed by atoms with van der Waals surface area (Å²) in [6, 6.07) is 0. The van der Waals surface area contributed by atoms with Crippen LogP contribution in [0.4, 0.5) is 0 Å². The third kappa shape index (κ3) is 3.23. The van der Waals surface area contributed by atoms with Crippen LogP contribution < -0.4 is 0 Å². The number of aromatic nitrogens is 3. The molecule has 0 aromatic carbocycles. The van der Waals surface area contributed by atoms with Gasteiger partial charge in [0.25, 0.3) is 0 Å². The Morgan fingerprint density at radius 3 is 3.05 bits per heavy atom. The molecule has 2 atom stereocenters. The van der Waals surface area contributed by atoms with Gasteiger partial charge >= 0.3 is 0 Å². The molecule has 1 saturated heterocycles. The SMILES string of the molecule is CCc1nocc1CN(C)C[C@H]1CCO[C@@H]1c1cnn(C)c1. The fraction of sp³-hybridized carbons (Fsp3) is 0.625. The highest BCUT2D eigenvalue weighted by molar-refractivity contribution is 5.14. The normalized spacial score (nSPS) is 21.8. The Morgan fingerprint density at radius 1 is 1.45 bits per heavy atom. The van der Waals surface area contributed by atoms with E-state index in [4.69, 9.17) is 9.26 Å². The molecule has 22 heavy (non-hydrogen) atoms. The second kappa shape index (κ2) is 6.62. The largest absolute Gasteiger partial charge is 0.373 e. The molecule has 0 N–H and O–H groups in total. The van der Waals surface area contributed by atoms with Crippen molar-refractivity contribution in [2.45, 2.75) is 32.4 Å². The van der Waals surface area contributed by atoms with Gasteiger partial charge in [-0.1, -0.05) is 12.1 Å². The third-order valence-electron chi connectivity index (χ3n) is 4.32. The molecule has 0 saturated carbocycles. The van der Waals surface area contributed by atoms with Crippen molar-refractivity contribution in [3.63, 3.8) is 0 Å². The molecule has 6 heteroatoms. The summed E-state index contributed by atoms with van der Waals surface area (Å²) in [5.74, 6) is 0.499. The molecule has 1 aliphatic rings. The number of aryl methyl sites for hydroxylation is 2. The predicted molar refractivity (Wildman–Crippen MR) is 82.2 cm³/mol. The van der Waals surface area contributed by atoms with Crippen molar-refractivity contribution in [1.82, 2.24) is 19.8 Å². The predicted octanol–water partition coefficient (Wildman–Crippen LogP) is 2.18. The van der Waals surface area contributed by atoms with E-state index < -0.39 is 0 Å². The van der Waals surface area contributed by atoms with Crippen molar-refractivity contribution in [3.8, 4) is 0 Å². The maximum Gasteiger partial charge on any atom is 0.128 e. The quantitative estimate of drug-likeness (QED) is 0.819. The molecular formula is C16H24N4O2. The number of hydrogen-bond donors (Lipinski definition) is 0. The molecule has 1 aliphatic heterocycles. The van der Waals surface area contributed by atoms with Gasteiger partial charge in [0.1, 0.15) is 6.26 Å². The van der Waals surface area contributed by atoms with Gasteiger partial charge in [0.05, 0.1) is 18.0 Å². The van der Waals surface area contributed by atoms with Gasteiger partial charge in [-0.25, -0.2) is 0 Å². The molecule has 0 unspecified atom stereocenters. The van der Waals surface area contributed by atoms with E-state index in [0.29, 0.717) is 5.92 Å². The molecule has 3 rings (SSSR count). The minimum atomic E-state index is 0.157. The van der Waals surface area contributed by atoms with Crippen molar-refractivity contribution in [2.75, 3.05) is 20.2 Å². The van der Waals surface area contributed by atoms with Crippen LogP contribution in [0, 0.1) is 5.92 Å². The lowest BCUT2D eigenvalue weighted by Gasteiger charge is -2.23. The Hall–Kier alpha value is -1.66. The minimum absolute atomic E-state index is 0.157. The van der Waals surface area contributed by atoms with Gasteiger partial charge < -0.3 is 14.2 Å². The molecule has 0 aliphatic carbocycles. The molecule has 0 spiro atoms. The minimum Gasteiger partial charge on any atom is -0.373 e. The summed E-state index contributed by atoms with van der Waals surface area (Å²) in [5, 5.41) is 8.31. The van der Waals surface area contributed by atoms with Crippen LogP contribution in [0.2, 0.25) is 0 Å². The van der Waals surface area contributed by atoms with Crippen molar-refractivity contribution in [3.05, 3.63) is 35.5 Å². The highest BCUT2D eigenvalue weighted by atomic mass is 16.5. The zero-order valence-electron chi connectivity index (χ0n) is 13.5. The highest BCUT2D eigenvalue weighted by Gasteiger charge is 2.31. The summed E-state index contributed by atoms with van der Waals surface area (Å²) >= 11 is 0. The second-order valence-corrected chi connectivity index (χ2v) is 6.12. The van der Waals surface area contributed by atoms with Gasteiger partial charge in [-0.15, -0.1) is 0 Å². The zero-order valence-corrected chi connectivity index (χ0v) is 13.5. The fourth-order valence-electron chi connectivity index (χ4n) is 3.23. The summed E-state index contributed by atoms with van der Waals surface area (Å²) in [7, 11) is 4.09. The molecule has 6 nitrogen and oxygen atoms in total. The first-order valence-corrected chi connectivity index (χ1v) is 7.88. The molecule has 0 amide bonds. The number of hydrogen-bond acceptors (Lipinski definition) is 5. The average molecular weight is 304 g/mol. The topological polar surface area (TPSA) is 56.3 Å². The maximum absolute atomic E-state index is 5.94. The average Bonchev–Trinajstić information content (AvgIpc) is 3.19.